The van der Waals surface area contributed by atoms with Crippen molar-refractivity contribution < 1.29 is 0 Å². The maximum Gasteiger partial charge on any atom is 0.291 e. The number of thioether (sulfide) groups is 1. The lowest BCUT2D eigenvalue weighted by Gasteiger charge is -2.25. The summed E-state index contributed by atoms with van der Waals surface area (Å²) >= 11 is 7.91. The maximum atomic E-state index is 12.4. The number of rotatable bonds is 7. The van der Waals surface area contributed by atoms with Crippen LogP contribution in [-0.4, -0.2) is 27.8 Å². The van der Waals surface area contributed by atoms with Gasteiger partial charge in [-0.1, -0.05) is 24.9 Å². The van der Waals surface area contributed by atoms with Gasteiger partial charge < -0.3 is 5.32 Å². The molecular weight excluding hydrogens is 294 g/mol. The molecule has 1 heterocycles. The molecule has 1 aromatic heterocycles. The van der Waals surface area contributed by atoms with Crippen LogP contribution in [0.15, 0.2) is 11.0 Å². The summed E-state index contributed by atoms with van der Waals surface area (Å²) in [7, 11) is 0. The van der Waals surface area contributed by atoms with Gasteiger partial charge in [-0.25, -0.2) is 4.68 Å². The molecule has 1 aliphatic rings. The molecule has 4 nitrogen and oxygen atoms in total. The van der Waals surface area contributed by atoms with Gasteiger partial charge >= 0.3 is 0 Å². The Balaban J connectivity index is 2.02. The number of nitrogens with zero attached hydrogens (tertiary/aromatic N) is 2. The van der Waals surface area contributed by atoms with Gasteiger partial charge in [0.2, 0.25) is 0 Å². The largest absolute Gasteiger partial charge is 0.379 e. The zero-order valence-corrected chi connectivity index (χ0v) is 13.6. The van der Waals surface area contributed by atoms with E-state index >= 15 is 0 Å². The highest BCUT2D eigenvalue weighted by Gasteiger charge is 2.20. The Morgan fingerprint density at radius 1 is 1.60 bits per heavy atom. The summed E-state index contributed by atoms with van der Waals surface area (Å²) in [6.45, 7) is 3.64. The minimum Gasteiger partial charge on any atom is -0.379 e. The van der Waals surface area contributed by atoms with E-state index in [0.717, 1.165) is 13.0 Å². The van der Waals surface area contributed by atoms with Crippen LogP contribution in [0.1, 0.15) is 32.6 Å². The van der Waals surface area contributed by atoms with E-state index in [4.69, 9.17) is 11.6 Å². The molecule has 20 heavy (non-hydrogen) atoms. The Kier molecular flexibility index (Phi) is 5.78. The fourth-order valence-corrected chi connectivity index (χ4v) is 2.74. The molecule has 0 aliphatic heterocycles. The van der Waals surface area contributed by atoms with Crippen molar-refractivity contribution in [1.29, 1.82) is 0 Å². The van der Waals surface area contributed by atoms with Crippen LogP contribution in [0.3, 0.4) is 0 Å². The standard InChI is InChI=1S/C14H22ClN3OS/c1-10(20-2)6-7-16-13-12(15)8-17-18(14(13)19)9-11-4-3-5-11/h8,10-11,16H,3-7,9H2,1-2H3. The van der Waals surface area contributed by atoms with Crippen molar-refractivity contribution in [1.82, 2.24) is 9.78 Å². The normalized spacial score (nSPS) is 16.8. The van der Waals surface area contributed by atoms with E-state index in [1.165, 1.54) is 19.3 Å². The van der Waals surface area contributed by atoms with E-state index in [2.05, 4.69) is 23.6 Å². The van der Waals surface area contributed by atoms with Gasteiger partial charge in [-0.05, 0) is 31.4 Å². The molecule has 1 aliphatic carbocycles. The van der Waals surface area contributed by atoms with Crippen molar-refractivity contribution in [2.45, 2.75) is 44.4 Å². The number of halogens is 1. The first-order valence-corrected chi connectivity index (χ1v) is 8.80. The highest BCUT2D eigenvalue weighted by molar-refractivity contribution is 7.99. The van der Waals surface area contributed by atoms with Gasteiger partial charge in [-0.3, -0.25) is 4.79 Å². The summed E-state index contributed by atoms with van der Waals surface area (Å²) in [4.78, 5) is 12.4. The zero-order chi connectivity index (χ0) is 14.5. The minimum absolute atomic E-state index is 0.0961. The van der Waals surface area contributed by atoms with Crippen LogP contribution in [-0.2, 0) is 6.54 Å². The van der Waals surface area contributed by atoms with Gasteiger partial charge in [0.1, 0.15) is 5.69 Å². The number of aromatic nitrogens is 2. The van der Waals surface area contributed by atoms with Gasteiger partial charge in [0.05, 0.1) is 11.2 Å². The van der Waals surface area contributed by atoms with Crippen molar-refractivity contribution in [2.24, 2.45) is 5.92 Å². The van der Waals surface area contributed by atoms with Gasteiger partial charge in [-0.15, -0.1) is 0 Å². The Labute approximate surface area is 129 Å². The Morgan fingerprint density at radius 3 is 2.95 bits per heavy atom. The maximum absolute atomic E-state index is 12.4. The van der Waals surface area contributed by atoms with Crippen molar-refractivity contribution in [3.63, 3.8) is 0 Å². The topological polar surface area (TPSA) is 46.9 Å². The average Bonchev–Trinajstić information content (AvgIpc) is 2.39. The summed E-state index contributed by atoms with van der Waals surface area (Å²) in [6.07, 6.45) is 8.33. The average molecular weight is 316 g/mol. The lowest BCUT2D eigenvalue weighted by Crippen LogP contribution is -2.31. The second-order valence-corrected chi connectivity index (χ2v) is 7.10. The van der Waals surface area contributed by atoms with E-state index in [9.17, 15) is 4.79 Å². The van der Waals surface area contributed by atoms with Crippen LogP contribution < -0.4 is 10.9 Å². The van der Waals surface area contributed by atoms with E-state index in [1.54, 1.807) is 10.9 Å². The molecule has 1 unspecified atom stereocenters. The lowest BCUT2D eigenvalue weighted by molar-refractivity contribution is 0.262. The summed E-state index contributed by atoms with van der Waals surface area (Å²) in [5, 5.41) is 8.31. The highest BCUT2D eigenvalue weighted by Crippen LogP contribution is 2.27. The van der Waals surface area contributed by atoms with Crippen LogP contribution in [0.2, 0.25) is 5.02 Å². The lowest BCUT2D eigenvalue weighted by atomic mass is 9.85. The molecule has 0 saturated heterocycles. The molecule has 1 aromatic rings. The molecule has 6 heteroatoms. The SMILES string of the molecule is CSC(C)CCNc1c(Cl)cnn(CC2CCC2)c1=O. The summed E-state index contributed by atoms with van der Waals surface area (Å²) in [6, 6.07) is 0. The summed E-state index contributed by atoms with van der Waals surface area (Å²) < 4.78 is 1.55. The van der Waals surface area contributed by atoms with Crippen LogP contribution in [0, 0.1) is 5.92 Å². The fraction of sp³-hybridized carbons (Fsp3) is 0.714. The Bertz CT molecular complexity index is 502. The predicted octanol–water partition coefficient (Wildman–Crippen LogP) is 3.25. The minimum atomic E-state index is -0.0961. The Morgan fingerprint density at radius 2 is 2.35 bits per heavy atom. The van der Waals surface area contributed by atoms with Gasteiger partial charge in [0.15, 0.2) is 0 Å². The molecule has 1 N–H and O–H groups in total. The Hall–Kier alpha value is -0.680. The fourth-order valence-electron chi connectivity index (χ4n) is 2.20. The molecule has 0 amide bonds. The van der Waals surface area contributed by atoms with Crippen molar-refractivity contribution >= 4 is 29.1 Å². The van der Waals surface area contributed by atoms with Crippen molar-refractivity contribution in [3.05, 3.63) is 21.6 Å². The van der Waals surface area contributed by atoms with Crippen LogP contribution in [0.25, 0.3) is 0 Å². The second-order valence-electron chi connectivity index (χ2n) is 5.41. The molecule has 0 spiro atoms. The number of hydrogen-bond donors (Lipinski definition) is 1. The van der Waals surface area contributed by atoms with Crippen LogP contribution >= 0.6 is 23.4 Å². The molecule has 1 fully saturated rings. The third-order valence-electron chi connectivity index (χ3n) is 3.91. The molecule has 2 rings (SSSR count). The number of hydrogen-bond acceptors (Lipinski definition) is 4. The van der Waals surface area contributed by atoms with Crippen molar-refractivity contribution in [3.8, 4) is 0 Å². The first kappa shape index (κ1) is 15.7. The summed E-state index contributed by atoms with van der Waals surface area (Å²) in [5.74, 6) is 0.603. The molecule has 112 valence electrons. The molecule has 1 atom stereocenters. The van der Waals surface area contributed by atoms with E-state index < -0.39 is 0 Å². The predicted molar refractivity (Wildman–Crippen MR) is 86.9 cm³/mol. The quantitative estimate of drug-likeness (QED) is 0.839. The van der Waals surface area contributed by atoms with Gasteiger partial charge in [0, 0.05) is 18.3 Å². The van der Waals surface area contributed by atoms with E-state index in [1.807, 2.05) is 11.8 Å². The van der Waals surface area contributed by atoms with E-state index in [0.29, 0.717) is 28.4 Å². The molecular formula is C14H22ClN3OS. The highest BCUT2D eigenvalue weighted by atomic mass is 35.5. The van der Waals surface area contributed by atoms with Gasteiger partial charge in [-0.2, -0.15) is 16.9 Å². The van der Waals surface area contributed by atoms with E-state index in [-0.39, 0.29) is 5.56 Å². The van der Waals surface area contributed by atoms with Crippen LogP contribution in [0.5, 0.6) is 0 Å². The second kappa shape index (κ2) is 7.36. The first-order valence-electron chi connectivity index (χ1n) is 7.14. The number of anilines is 1. The molecule has 1 saturated carbocycles. The first-order chi connectivity index (χ1) is 9.61. The van der Waals surface area contributed by atoms with Crippen molar-refractivity contribution in [2.75, 3.05) is 18.1 Å². The molecule has 0 aromatic carbocycles. The number of nitrogens with one attached hydrogen (secondary N) is 1. The summed E-state index contributed by atoms with van der Waals surface area (Å²) in [5.41, 5.74) is 0.399. The molecule has 0 bridgehead atoms. The third-order valence-corrected chi connectivity index (χ3v) is 5.24. The third kappa shape index (κ3) is 3.92. The smallest absolute Gasteiger partial charge is 0.291 e. The van der Waals surface area contributed by atoms with Crippen LogP contribution in [0.4, 0.5) is 5.69 Å². The van der Waals surface area contributed by atoms with Gasteiger partial charge in [0.25, 0.3) is 5.56 Å². The zero-order valence-electron chi connectivity index (χ0n) is 12.1. The molecule has 0 radical (unpaired) electrons. The monoisotopic (exact) mass is 315 g/mol.